The molecule has 1 aromatic heterocycles. The van der Waals surface area contributed by atoms with Gasteiger partial charge in [-0.05, 0) is 0 Å². The lowest BCUT2D eigenvalue weighted by Crippen LogP contribution is -2.29. The number of alkyl halides is 3. The average molecular weight is 209 g/mol. The highest BCUT2D eigenvalue weighted by atomic mass is 19.4. The number of H-pyrrole nitrogens is 1. The minimum absolute atomic E-state index is 0.0205. The van der Waals surface area contributed by atoms with Crippen molar-refractivity contribution in [1.29, 1.82) is 0 Å². The van der Waals surface area contributed by atoms with Crippen LogP contribution in [0.25, 0.3) is 0 Å². The maximum absolute atomic E-state index is 11.6. The number of nitrogens with one attached hydrogen (secondary N) is 2. The molecule has 0 aliphatic rings. The van der Waals surface area contributed by atoms with Gasteiger partial charge in [0, 0.05) is 0 Å². The monoisotopic (exact) mass is 209 g/mol. The third-order valence-corrected chi connectivity index (χ3v) is 1.14. The summed E-state index contributed by atoms with van der Waals surface area (Å²) < 4.78 is 34.7. The van der Waals surface area contributed by atoms with Crippen molar-refractivity contribution in [1.82, 2.24) is 15.4 Å². The van der Waals surface area contributed by atoms with Crippen molar-refractivity contribution in [2.24, 2.45) is 0 Å². The van der Waals surface area contributed by atoms with Crippen molar-refractivity contribution >= 4 is 5.91 Å². The molecular formula is C6H6F3N3O2. The van der Waals surface area contributed by atoms with Gasteiger partial charge in [-0.1, -0.05) is 0 Å². The van der Waals surface area contributed by atoms with Crippen LogP contribution in [0.2, 0.25) is 0 Å². The maximum Gasteiger partial charge on any atom is 0.414 e. The van der Waals surface area contributed by atoms with Crippen LogP contribution in [0.4, 0.5) is 13.2 Å². The number of carbonyl (C=O) groups is 1. The predicted molar refractivity (Wildman–Crippen MR) is 38.1 cm³/mol. The number of nitrogens with zero attached hydrogens (tertiary/aromatic N) is 1. The molecule has 0 aliphatic heterocycles. The molecule has 1 amide bonds. The van der Waals surface area contributed by atoms with E-state index >= 15 is 0 Å². The number of amides is 1. The largest absolute Gasteiger partial charge is 0.414 e. The molecule has 1 heterocycles. The number of hydrogen-bond acceptors (Lipinski definition) is 3. The normalized spacial score (nSPS) is 11.4. The van der Waals surface area contributed by atoms with Gasteiger partial charge in [0.2, 0.25) is 0 Å². The summed E-state index contributed by atoms with van der Waals surface area (Å²) >= 11 is 0. The Morgan fingerprint density at radius 3 is 2.86 bits per heavy atom. The third-order valence-electron chi connectivity index (χ3n) is 1.14. The van der Waals surface area contributed by atoms with E-state index in [2.05, 4.69) is 14.8 Å². The topological polar surface area (TPSA) is 67.0 Å². The first kappa shape index (κ1) is 10.5. The van der Waals surface area contributed by atoms with Crippen molar-refractivity contribution in [3.8, 4) is 0 Å². The second kappa shape index (κ2) is 4.09. The van der Waals surface area contributed by atoms with Gasteiger partial charge in [0.05, 0.1) is 12.5 Å². The Bertz CT molecular complexity index is 296. The van der Waals surface area contributed by atoms with Gasteiger partial charge >= 0.3 is 6.18 Å². The molecule has 0 fully saturated rings. The summed E-state index contributed by atoms with van der Waals surface area (Å²) in [6, 6.07) is 0. The Hall–Kier alpha value is -1.57. The molecule has 0 bridgehead atoms. The summed E-state index contributed by atoms with van der Waals surface area (Å²) in [4.78, 5) is 20.7. The molecule has 0 atom stereocenters. The second-order valence-electron chi connectivity index (χ2n) is 2.30. The highest BCUT2D eigenvalue weighted by molar-refractivity contribution is 5.91. The first-order valence-electron chi connectivity index (χ1n) is 3.46. The summed E-state index contributed by atoms with van der Waals surface area (Å²) in [6.07, 6.45) is -2.09. The lowest BCUT2D eigenvalue weighted by molar-refractivity contribution is -0.184. The molecule has 2 N–H and O–H groups in total. The van der Waals surface area contributed by atoms with E-state index in [1.165, 1.54) is 6.33 Å². The van der Waals surface area contributed by atoms with Gasteiger partial charge < -0.3 is 4.98 Å². The molecular weight excluding hydrogens is 203 g/mol. The van der Waals surface area contributed by atoms with Crippen molar-refractivity contribution < 1.29 is 22.8 Å². The number of imidazole rings is 1. The molecule has 0 saturated carbocycles. The minimum Gasteiger partial charge on any atom is -0.341 e. The molecule has 5 nitrogen and oxygen atoms in total. The Morgan fingerprint density at radius 2 is 2.36 bits per heavy atom. The Balaban J connectivity index is 2.30. The lowest BCUT2D eigenvalue weighted by Gasteiger charge is -2.06. The van der Waals surface area contributed by atoms with Gasteiger partial charge in [-0.3, -0.25) is 9.63 Å². The van der Waals surface area contributed by atoms with E-state index in [9.17, 15) is 18.0 Å². The summed E-state index contributed by atoms with van der Waals surface area (Å²) in [5.74, 6) is -0.813. The standard InChI is InChI=1S/C6H6F3N3O2/c7-6(8,9)2-14-12-5(13)4-1-10-3-11-4/h1,3H,2H2,(H,10,11)(H,12,13). The van der Waals surface area contributed by atoms with E-state index in [1.54, 1.807) is 5.48 Å². The van der Waals surface area contributed by atoms with Crippen LogP contribution in [0, 0.1) is 0 Å². The summed E-state index contributed by atoms with van der Waals surface area (Å²) in [6.45, 7) is -1.53. The molecule has 8 heteroatoms. The van der Waals surface area contributed by atoms with Crippen LogP contribution in [0.15, 0.2) is 12.5 Å². The van der Waals surface area contributed by atoms with Crippen LogP contribution in [0.5, 0.6) is 0 Å². The quantitative estimate of drug-likeness (QED) is 0.717. The Kier molecular flexibility index (Phi) is 3.07. The van der Waals surface area contributed by atoms with Gasteiger partial charge in [-0.2, -0.15) is 13.2 Å². The lowest BCUT2D eigenvalue weighted by atomic mass is 10.5. The van der Waals surface area contributed by atoms with Crippen molar-refractivity contribution in [2.45, 2.75) is 6.18 Å². The number of hydrogen-bond donors (Lipinski definition) is 2. The van der Waals surface area contributed by atoms with Gasteiger partial charge in [-0.25, -0.2) is 10.5 Å². The zero-order valence-electron chi connectivity index (χ0n) is 6.76. The molecule has 0 aromatic carbocycles. The second-order valence-corrected chi connectivity index (χ2v) is 2.30. The fourth-order valence-corrected chi connectivity index (χ4v) is 0.618. The van der Waals surface area contributed by atoms with Crippen molar-refractivity contribution in [2.75, 3.05) is 6.61 Å². The van der Waals surface area contributed by atoms with Crippen LogP contribution >= 0.6 is 0 Å². The number of carbonyl (C=O) groups excluding carboxylic acids is 1. The third kappa shape index (κ3) is 3.44. The van der Waals surface area contributed by atoms with Crippen LogP contribution in [-0.4, -0.2) is 28.7 Å². The molecule has 0 aliphatic carbocycles. The van der Waals surface area contributed by atoms with E-state index in [1.807, 2.05) is 0 Å². The smallest absolute Gasteiger partial charge is 0.341 e. The maximum atomic E-state index is 11.6. The summed E-state index contributed by atoms with van der Waals surface area (Å²) in [5, 5.41) is 0. The van der Waals surface area contributed by atoms with E-state index < -0.39 is 18.7 Å². The number of aromatic amines is 1. The fraction of sp³-hybridized carbons (Fsp3) is 0.333. The summed E-state index contributed by atoms with van der Waals surface area (Å²) in [7, 11) is 0. The molecule has 0 unspecified atom stereocenters. The average Bonchev–Trinajstić information content (AvgIpc) is 2.53. The first-order valence-corrected chi connectivity index (χ1v) is 3.46. The van der Waals surface area contributed by atoms with Crippen LogP contribution in [0.1, 0.15) is 10.5 Å². The van der Waals surface area contributed by atoms with Gasteiger partial charge in [-0.15, -0.1) is 0 Å². The SMILES string of the molecule is O=C(NOCC(F)(F)F)c1cnc[nH]1. The Morgan fingerprint density at radius 1 is 1.64 bits per heavy atom. The van der Waals surface area contributed by atoms with Crippen LogP contribution < -0.4 is 5.48 Å². The molecule has 1 rings (SSSR count). The van der Waals surface area contributed by atoms with E-state index in [-0.39, 0.29) is 5.69 Å². The molecule has 0 radical (unpaired) electrons. The van der Waals surface area contributed by atoms with Gasteiger partial charge in [0.25, 0.3) is 5.91 Å². The zero-order valence-corrected chi connectivity index (χ0v) is 6.76. The minimum atomic E-state index is -4.47. The van der Waals surface area contributed by atoms with E-state index in [4.69, 9.17) is 0 Å². The number of aromatic nitrogens is 2. The predicted octanol–water partition coefficient (Wildman–Crippen LogP) is 0.633. The summed E-state index contributed by atoms with van der Waals surface area (Å²) in [5.41, 5.74) is 1.63. The highest BCUT2D eigenvalue weighted by Crippen LogP contribution is 2.13. The number of halogens is 3. The highest BCUT2D eigenvalue weighted by Gasteiger charge is 2.28. The van der Waals surface area contributed by atoms with Crippen molar-refractivity contribution in [3.05, 3.63) is 18.2 Å². The van der Waals surface area contributed by atoms with Gasteiger partial charge in [0.15, 0.2) is 6.61 Å². The van der Waals surface area contributed by atoms with Crippen LogP contribution in [0.3, 0.4) is 0 Å². The molecule has 1 aromatic rings. The molecule has 78 valence electrons. The molecule has 14 heavy (non-hydrogen) atoms. The number of rotatable bonds is 3. The van der Waals surface area contributed by atoms with E-state index in [0.29, 0.717) is 0 Å². The Labute approximate surface area is 76.2 Å². The number of hydroxylamine groups is 1. The zero-order chi connectivity index (χ0) is 10.6. The first-order chi connectivity index (χ1) is 6.49. The fourth-order valence-electron chi connectivity index (χ4n) is 0.618. The van der Waals surface area contributed by atoms with Crippen molar-refractivity contribution in [3.63, 3.8) is 0 Å². The van der Waals surface area contributed by atoms with Crippen LogP contribution in [-0.2, 0) is 4.84 Å². The molecule has 0 saturated heterocycles. The van der Waals surface area contributed by atoms with E-state index in [0.717, 1.165) is 6.20 Å². The molecule has 0 spiro atoms. The van der Waals surface area contributed by atoms with Gasteiger partial charge in [0.1, 0.15) is 5.69 Å².